The fraction of sp³-hybridized carbons (Fsp3) is 0.944. The zero-order valence-electron chi connectivity index (χ0n) is 14.7. The number of nitrogens with two attached hydrogens (primary N) is 1. The molecule has 1 amide bonds. The highest BCUT2D eigenvalue weighted by molar-refractivity contribution is 5.86. The predicted octanol–water partition coefficient (Wildman–Crippen LogP) is 2.13. The molecule has 4 heteroatoms. The Morgan fingerprint density at radius 1 is 1.14 bits per heavy atom. The average Bonchev–Trinajstić information content (AvgIpc) is 2.73. The van der Waals surface area contributed by atoms with Crippen molar-refractivity contribution in [3.63, 3.8) is 0 Å². The second-order valence-electron chi connectivity index (χ2n) is 9.47. The van der Waals surface area contributed by atoms with E-state index in [1.165, 1.54) is 0 Å². The topological polar surface area (TPSA) is 58.4 Å². The molecule has 0 aromatic rings. The van der Waals surface area contributed by atoms with E-state index in [9.17, 15) is 4.79 Å². The van der Waals surface area contributed by atoms with Crippen LogP contribution in [0.4, 0.5) is 0 Å². The molecule has 0 aromatic carbocycles. The van der Waals surface area contributed by atoms with Gasteiger partial charge in [0.2, 0.25) is 5.91 Å². The van der Waals surface area contributed by atoms with E-state index in [-0.39, 0.29) is 11.3 Å². The third-order valence-electron chi connectivity index (χ3n) is 6.39. The van der Waals surface area contributed by atoms with Gasteiger partial charge < -0.3 is 16.0 Å². The van der Waals surface area contributed by atoms with Gasteiger partial charge in [-0.25, -0.2) is 0 Å². The minimum Gasteiger partial charge on any atom is -0.341 e. The fourth-order valence-electron chi connectivity index (χ4n) is 4.96. The summed E-state index contributed by atoms with van der Waals surface area (Å²) in [6.07, 6.45) is 4.97. The maximum Gasteiger partial charge on any atom is 0.242 e. The SMILES string of the molecule is CC1(C)CCC(N)(C(=O)N2CCC(C3NCC3(C)C)CC2)C1. The third kappa shape index (κ3) is 2.80. The number of hydrogen-bond donors (Lipinski definition) is 2. The molecule has 0 radical (unpaired) electrons. The molecule has 1 aliphatic carbocycles. The van der Waals surface area contributed by atoms with Gasteiger partial charge in [-0.3, -0.25) is 4.79 Å². The summed E-state index contributed by atoms with van der Waals surface area (Å²) in [7, 11) is 0. The molecule has 2 unspecified atom stereocenters. The molecule has 1 saturated carbocycles. The summed E-state index contributed by atoms with van der Waals surface area (Å²) < 4.78 is 0. The Morgan fingerprint density at radius 3 is 2.18 bits per heavy atom. The van der Waals surface area contributed by atoms with E-state index in [0.717, 1.165) is 51.7 Å². The van der Waals surface area contributed by atoms with Crippen molar-refractivity contribution in [1.29, 1.82) is 0 Å². The lowest BCUT2D eigenvalue weighted by Gasteiger charge is -2.52. The second-order valence-corrected chi connectivity index (χ2v) is 9.47. The summed E-state index contributed by atoms with van der Waals surface area (Å²) in [5.41, 5.74) is 6.50. The van der Waals surface area contributed by atoms with Gasteiger partial charge in [-0.15, -0.1) is 0 Å². The molecule has 22 heavy (non-hydrogen) atoms. The van der Waals surface area contributed by atoms with Crippen molar-refractivity contribution in [3.8, 4) is 0 Å². The third-order valence-corrected chi connectivity index (χ3v) is 6.39. The van der Waals surface area contributed by atoms with Crippen molar-refractivity contribution in [2.75, 3.05) is 19.6 Å². The van der Waals surface area contributed by atoms with E-state index >= 15 is 0 Å². The highest BCUT2D eigenvalue weighted by Gasteiger charge is 2.49. The van der Waals surface area contributed by atoms with Crippen LogP contribution in [0, 0.1) is 16.7 Å². The number of rotatable bonds is 2. The van der Waals surface area contributed by atoms with Gasteiger partial charge in [-0.05, 0) is 48.9 Å². The van der Waals surface area contributed by atoms with Crippen LogP contribution in [0.25, 0.3) is 0 Å². The van der Waals surface area contributed by atoms with Crippen molar-refractivity contribution in [2.45, 2.75) is 71.4 Å². The molecule has 3 aliphatic rings. The van der Waals surface area contributed by atoms with E-state index in [2.05, 4.69) is 33.0 Å². The number of amides is 1. The van der Waals surface area contributed by atoms with Crippen molar-refractivity contribution in [2.24, 2.45) is 22.5 Å². The number of nitrogens with zero attached hydrogens (tertiary/aromatic N) is 1. The summed E-state index contributed by atoms with van der Waals surface area (Å²) in [5.74, 6) is 0.916. The number of carbonyl (C=O) groups excluding carboxylic acids is 1. The van der Waals surface area contributed by atoms with Crippen LogP contribution in [0.15, 0.2) is 0 Å². The van der Waals surface area contributed by atoms with E-state index in [0.29, 0.717) is 17.4 Å². The summed E-state index contributed by atoms with van der Waals surface area (Å²) in [6.45, 7) is 12.0. The molecular formula is C18H33N3O. The smallest absolute Gasteiger partial charge is 0.242 e. The number of piperidine rings is 1. The Kier molecular flexibility index (Phi) is 3.84. The van der Waals surface area contributed by atoms with Gasteiger partial charge in [0.15, 0.2) is 0 Å². The first-order valence-electron chi connectivity index (χ1n) is 8.95. The summed E-state index contributed by atoms with van der Waals surface area (Å²) in [4.78, 5) is 14.9. The molecule has 0 aromatic heterocycles. The van der Waals surface area contributed by atoms with E-state index < -0.39 is 5.54 Å². The minimum atomic E-state index is -0.607. The first kappa shape index (κ1) is 16.3. The Hall–Kier alpha value is -0.610. The highest BCUT2D eigenvalue weighted by Crippen LogP contribution is 2.44. The van der Waals surface area contributed by atoms with Crippen molar-refractivity contribution in [3.05, 3.63) is 0 Å². The first-order valence-corrected chi connectivity index (χ1v) is 8.95. The standard InChI is InChI=1S/C18H33N3O/c1-16(2)7-8-18(19,11-16)15(22)21-9-5-13(6-10-21)14-17(3,4)12-20-14/h13-14,20H,5-12,19H2,1-4H3. The van der Waals surface area contributed by atoms with Crippen LogP contribution in [0.1, 0.15) is 59.8 Å². The van der Waals surface area contributed by atoms with Gasteiger partial charge in [-0.2, -0.15) is 0 Å². The quantitative estimate of drug-likeness (QED) is 0.821. The van der Waals surface area contributed by atoms with Crippen molar-refractivity contribution in [1.82, 2.24) is 10.2 Å². The first-order chi connectivity index (χ1) is 10.1. The molecule has 3 rings (SSSR count). The molecule has 3 fully saturated rings. The Labute approximate surface area is 135 Å². The molecular weight excluding hydrogens is 274 g/mol. The van der Waals surface area contributed by atoms with Gasteiger partial charge in [0.25, 0.3) is 0 Å². The van der Waals surface area contributed by atoms with Gasteiger partial charge in [0.1, 0.15) is 0 Å². The molecule has 4 nitrogen and oxygen atoms in total. The van der Waals surface area contributed by atoms with Gasteiger partial charge in [0.05, 0.1) is 5.54 Å². The monoisotopic (exact) mass is 307 g/mol. The van der Waals surface area contributed by atoms with E-state index in [1.807, 2.05) is 4.90 Å². The summed E-state index contributed by atoms with van der Waals surface area (Å²) in [6, 6.07) is 0.627. The van der Waals surface area contributed by atoms with E-state index in [1.54, 1.807) is 0 Å². The van der Waals surface area contributed by atoms with Crippen LogP contribution in [0.3, 0.4) is 0 Å². The highest BCUT2D eigenvalue weighted by atomic mass is 16.2. The predicted molar refractivity (Wildman–Crippen MR) is 89.4 cm³/mol. The van der Waals surface area contributed by atoms with Gasteiger partial charge in [0, 0.05) is 25.7 Å². The molecule has 2 saturated heterocycles. The molecule has 0 bridgehead atoms. The van der Waals surface area contributed by atoms with Crippen molar-refractivity contribution < 1.29 is 4.79 Å². The summed E-state index contributed by atoms with van der Waals surface area (Å²) in [5, 5.41) is 3.59. The molecule has 2 aliphatic heterocycles. The molecule has 3 N–H and O–H groups in total. The lowest BCUT2D eigenvalue weighted by molar-refractivity contribution is -0.139. The average molecular weight is 307 g/mol. The minimum absolute atomic E-state index is 0.206. The molecule has 0 spiro atoms. The van der Waals surface area contributed by atoms with Crippen LogP contribution < -0.4 is 11.1 Å². The Morgan fingerprint density at radius 2 is 1.77 bits per heavy atom. The lowest BCUT2D eigenvalue weighted by atomic mass is 9.68. The maximum atomic E-state index is 12.9. The van der Waals surface area contributed by atoms with Crippen molar-refractivity contribution >= 4 is 5.91 Å². The van der Waals surface area contributed by atoms with Crippen LogP contribution in [0.2, 0.25) is 0 Å². The van der Waals surface area contributed by atoms with Crippen LogP contribution in [0.5, 0.6) is 0 Å². The molecule has 126 valence electrons. The lowest BCUT2D eigenvalue weighted by Crippen LogP contribution is -2.64. The van der Waals surface area contributed by atoms with E-state index in [4.69, 9.17) is 5.73 Å². The molecule has 2 heterocycles. The zero-order chi connectivity index (χ0) is 16.2. The van der Waals surface area contributed by atoms with Gasteiger partial charge >= 0.3 is 0 Å². The summed E-state index contributed by atoms with van der Waals surface area (Å²) >= 11 is 0. The zero-order valence-corrected chi connectivity index (χ0v) is 14.7. The number of likely N-dealkylation sites (tertiary alicyclic amines) is 1. The van der Waals surface area contributed by atoms with Crippen LogP contribution in [-0.4, -0.2) is 42.0 Å². The normalized spacial score (nSPS) is 37.9. The number of hydrogen-bond acceptors (Lipinski definition) is 3. The fourth-order valence-corrected chi connectivity index (χ4v) is 4.96. The maximum absolute atomic E-state index is 12.9. The Balaban J connectivity index is 1.56. The molecule has 2 atom stereocenters. The Bertz CT molecular complexity index is 451. The van der Waals surface area contributed by atoms with Gasteiger partial charge in [-0.1, -0.05) is 27.7 Å². The number of carbonyl (C=O) groups is 1. The number of nitrogens with one attached hydrogen (secondary N) is 1. The van der Waals surface area contributed by atoms with Crippen LogP contribution >= 0.6 is 0 Å². The van der Waals surface area contributed by atoms with Crippen LogP contribution in [-0.2, 0) is 4.79 Å². The largest absolute Gasteiger partial charge is 0.341 e. The second kappa shape index (κ2) is 5.20.